The topological polar surface area (TPSA) is 129 Å². The third kappa shape index (κ3) is 2.16. The molecule has 1 aliphatic rings. The van der Waals surface area contributed by atoms with Crippen LogP contribution in [0.1, 0.15) is 0 Å². The van der Waals surface area contributed by atoms with Crippen LogP contribution in [-0.2, 0) is 10.5 Å². The molecule has 0 bridgehead atoms. The smallest absolute Gasteiger partial charge is 0.180 e. The molecule has 0 unspecified atom stereocenters. The number of hydrogen-bond acceptors (Lipinski definition) is 6. The van der Waals surface area contributed by atoms with Crippen molar-refractivity contribution in [3.63, 3.8) is 0 Å². The monoisotopic (exact) mass is 388 g/mol. The number of halogens is 2. The molecule has 0 aliphatic carbocycles. The molecular weight excluding hydrogens is 380 g/mol. The normalized spacial score (nSPS) is 28.0. The third-order valence-electron chi connectivity index (χ3n) is 3.59. The average Bonchev–Trinajstić information content (AvgIpc) is 2.99. The van der Waals surface area contributed by atoms with Gasteiger partial charge in [-0.3, -0.25) is 4.57 Å². The number of aliphatic hydroxyl groups is 2. The highest BCUT2D eigenvalue weighted by Crippen LogP contribution is 2.39. The summed E-state index contributed by atoms with van der Waals surface area (Å²) in [5.74, 6) is 0. The first kappa shape index (κ1) is 15.5. The summed E-state index contributed by atoms with van der Waals surface area (Å²) >= 11 is 9.42. The Hall–Kier alpha value is -1.42. The summed E-state index contributed by atoms with van der Waals surface area (Å²) in [6.07, 6.45) is 0.461. The molecule has 0 spiro atoms. The molecule has 0 amide bonds. The molecule has 3 heterocycles. The largest absolute Gasteiger partial charge is 0.388 e. The number of hydrogen-bond donors (Lipinski definition) is 2. The van der Waals surface area contributed by atoms with Crippen LogP contribution in [0.3, 0.4) is 0 Å². The molecule has 22 heavy (non-hydrogen) atoms. The predicted molar refractivity (Wildman–Crippen MR) is 80.2 cm³/mol. The van der Waals surface area contributed by atoms with Gasteiger partial charge in [0.05, 0.1) is 18.5 Å². The fraction of sp³-hybridized carbons (Fsp3) is 0.455. The summed E-state index contributed by atoms with van der Waals surface area (Å²) in [7, 11) is 0. The lowest BCUT2D eigenvalue weighted by Crippen LogP contribution is -2.47. The van der Waals surface area contributed by atoms with Gasteiger partial charge >= 0.3 is 0 Å². The Kier molecular flexibility index (Phi) is 3.98. The Morgan fingerprint density at radius 1 is 1.59 bits per heavy atom. The Bertz CT molecular complexity index is 779. The Morgan fingerprint density at radius 3 is 3.00 bits per heavy atom. The van der Waals surface area contributed by atoms with E-state index in [2.05, 4.69) is 35.9 Å². The van der Waals surface area contributed by atoms with Crippen LogP contribution < -0.4 is 0 Å². The van der Waals surface area contributed by atoms with Crippen molar-refractivity contribution in [1.82, 2.24) is 14.5 Å². The van der Waals surface area contributed by atoms with Gasteiger partial charge in [0, 0.05) is 15.6 Å². The van der Waals surface area contributed by atoms with Gasteiger partial charge in [0.2, 0.25) is 0 Å². The zero-order valence-electron chi connectivity index (χ0n) is 11.0. The molecule has 1 saturated heterocycles. The fourth-order valence-corrected chi connectivity index (χ4v) is 3.45. The summed E-state index contributed by atoms with van der Waals surface area (Å²) in [6, 6.07) is 0. The molecule has 2 aromatic heterocycles. The van der Waals surface area contributed by atoms with E-state index in [9.17, 15) is 10.2 Å². The first-order chi connectivity index (χ1) is 10.5. The Morgan fingerprint density at radius 2 is 2.36 bits per heavy atom. The van der Waals surface area contributed by atoms with Gasteiger partial charge in [-0.15, -0.1) is 0 Å². The second-order valence-corrected chi connectivity index (χ2v) is 5.98. The fourth-order valence-electron chi connectivity index (χ4n) is 2.54. The molecule has 9 nitrogen and oxygen atoms in total. The van der Waals surface area contributed by atoms with Gasteiger partial charge in [-0.25, -0.2) is 9.97 Å². The Labute approximate surface area is 137 Å². The van der Waals surface area contributed by atoms with E-state index in [4.69, 9.17) is 21.9 Å². The molecule has 0 radical (unpaired) electrons. The molecule has 11 heteroatoms. The highest BCUT2D eigenvalue weighted by atomic mass is 79.9. The third-order valence-corrected chi connectivity index (χ3v) is 4.48. The maximum atomic E-state index is 10.4. The first-order valence-electron chi connectivity index (χ1n) is 6.19. The molecule has 0 saturated carbocycles. The van der Waals surface area contributed by atoms with Crippen molar-refractivity contribution in [3.05, 3.63) is 32.6 Å². The predicted octanol–water partition coefficient (Wildman–Crippen LogP) is 1.56. The minimum absolute atomic E-state index is 0.0990. The van der Waals surface area contributed by atoms with Gasteiger partial charge in [-0.1, -0.05) is 16.7 Å². The minimum Gasteiger partial charge on any atom is -0.388 e. The first-order valence-corrected chi connectivity index (χ1v) is 7.37. The standard InChI is InChI=1S/C11H10BrClN6O3/c12-5-1-19(10-7(5)9(13)15-4-16-10)11(3-17-18-14)8(21)6(20)2-22-11/h1,4,6,8,20-21H,2-3H2/t6-,8-,11-/m0/s1. The summed E-state index contributed by atoms with van der Waals surface area (Å²) in [4.78, 5) is 10.8. The van der Waals surface area contributed by atoms with Crippen LogP contribution in [0, 0.1) is 0 Å². The molecule has 2 aromatic rings. The SMILES string of the molecule is [N-]=[N+]=NC[C@]1(n2cc(Br)c3c(Cl)ncnc32)OC[C@H](O)[C@@H]1O. The van der Waals surface area contributed by atoms with E-state index < -0.39 is 17.9 Å². The van der Waals surface area contributed by atoms with Gasteiger partial charge in [0.25, 0.3) is 0 Å². The number of fused-ring (bicyclic) bond motifs is 1. The summed E-state index contributed by atoms with van der Waals surface area (Å²) in [5, 5.41) is 24.4. The molecule has 1 aliphatic heterocycles. The highest BCUT2D eigenvalue weighted by Gasteiger charge is 2.51. The quantitative estimate of drug-likeness (QED) is 0.356. The zero-order chi connectivity index (χ0) is 15.9. The molecule has 116 valence electrons. The van der Waals surface area contributed by atoms with Gasteiger partial charge in [0.15, 0.2) is 5.72 Å². The number of nitrogens with zero attached hydrogens (tertiary/aromatic N) is 6. The molecular formula is C11H10BrClN6O3. The van der Waals surface area contributed by atoms with E-state index in [1.807, 2.05) is 0 Å². The average molecular weight is 390 g/mol. The Balaban J connectivity index is 2.26. The molecule has 3 atom stereocenters. The maximum absolute atomic E-state index is 10.4. The van der Waals surface area contributed by atoms with Crippen LogP contribution in [0.25, 0.3) is 21.5 Å². The van der Waals surface area contributed by atoms with Crippen molar-refractivity contribution in [2.24, 2.45) is 5.11 Å². The second-order valence-electron chi connectivity index (χ2n) is 4.77. The molecule has 2 N–H and O–H groups in total. The number of aromatic nitrogens is 3. The summed E-state index contributed by atoms with van der Waals surface area (Å²) < 4.78 is 7.67. The lowest BCUT2D eigenvalue weighted by molar-refractivity contribution is -0.114. The van der Waals surface area contributed by atoms with Gasteiger partial charge in [-0.2, -0.15) is 0 Å². The van der Waals surface area contributed by atoms with Crippen molar-refractivity contribution in [2.75, 3.05) is 13.2 Å². The number of rotatable bonds is 3. The van der Waals surface area contributed by atoms with E-state index in [0.717, 1.165) is 0 Å². The highest BCUT2D eigenvalue weighted by molar-refractivity contribution is 9.10. The molecule has 0 aromatic carbocycles. The van der Waals surface area contributed by atoms with Crippen molar-refractivity contribution in [1.29, 1.82) is 0 Å². The van der Waals surface area contributed by atoms with E-state index in [1.165, 1.54) is 10.9 Å². The van der Waals surface area contributed by atoms with Crippen LogP contribution >= 0.6 is 27.5 Å². The molecule has 1 fully saturated rings. The maximum Gasteiger partial charge on any atom is 0.180 e. The zero-order valence-corrected chi connectivity index (χ0v) is 13.3. The van der Waals surface area contributed by atoms with Crippen molar-refractivity contribution in [3.8, 4) is 0 Å². The van der Waals surface area contributed by atoms with Crippen molar-refractivity contribution < 1.29 is 14.9 Å². The van der Waals surface area contributed by atoms with Gasteiger partial charge in [-0.05, 0) is 21.5 Å². The van der Waals surface area contributed by atoms with E-state index in [-0.39, 0.29) is 18.3 Å². The number of ether oxygens (including phenoxy) is 1. The van der Waals surface area contributed by atoms with Crippen LogP contribution in [0.2, 0.25) is 5.15 Å². The lowest BCUT2D eigenvalue weighted by Gasteiger charge is -2.32. The van der Waals surface area contributed by atoms with Crippen LogP contribution in [-0.4, -0.2) is 50.1 Å². The second kappa shape index (κ2) is 5.65. The van der Waals surface area contributed by atoms with Crippen LogP contribution in [0.4, 0.5) is 0 Å². The van der Waals surface area contributed by atoms with Crippen molar-refractivity contribution >= 4 is 38.6 Å². The van der Waals surface area contributed by atoms with E-state index in [1.54, 1.807) is 6.20 Å². The molecule has 3 rings (SSSR count). The van der Waals surface area contributed by atoms with Crippen molar-refractivity contribution in [2.45, 2.75) is 17.9 Å². The summed E-state index contributed by atoms with van der Waals surface area (Å²) in [5.41, 5.74) is 7.51. The van der Waals surface area contributed by atoms with Gasteiger partial charge < -0.3 is 14.9 Å². The number of azide groups is 1. The van der Waals surface area contributed by atoms with Gasteiger partial charge in [0.1, 0.15) is 29.3 Å². The van der Waals surface area contributed by atoms with E-state index in [0.29, 0.717) is 15.5 Å². The lowest BCUT2D eigenvalue weighted by atomic mass is 10.0. The summed E-state index contributed by atoms with van der Waals surface area (Å²) in [6.45, 7) is -0.322. The van der Waals surface area contributed by atoms with Crippen LogP contribution in [0.15, 0.2) is 22.1 Å². The van der Waals surface area contributed by atoms with Crippen LogP contribution in [0.5, 0.6) is 0 Å². The number of aliphatic hydroxyl groups excluding tert-OH is 2. The minimum atomic E-state index is -1.46. The van der Waals surface area contributed by atoms with E-state index >= 15 is 0 Å².